The van der Waals surface area contributed by atoms with E-state index in [4.69, 9.17) is 4.74 Å². The first-order valence-electron chi connectivity index (χ1n) is 10.6. The van der Waals surface area contributed by atoms with Crippen molar-refractivity contribution in [3.05, 3.63) is 11.9 Å². The zero-order valence-electron chi connectivity index (χ0n) is 17.1. The average Bonchev–Trinajstić information content (AvgIpc) is 3.41. The topological polar surface area (TPSA) is 130 Å². The molecule has 1 saturated carbocycles. The molecule has 0 bridgehead atoms. The Morgan fingerprint density at radius 3 is 2.47 bits per heavy atom. The maximum absolute atomic E-state index is 12.8. The summed E-state index contributed by atoms with van der Waals surface area (Å²) in [5.41, 5.74) is -0.859. The van der Waals surface area contributed by atoms with Crippen LogP contribution in [0.3, 0.4) is 0 Å². The number of nitrogens with zero attached hydrogens (tertiary/aromatic N) is 5. The first-order valence-corrected chi connectivity index (χ1v) is 12.0. The standard InChI is InChI=1S/C18H30N6O5S/c25-17(19-15-3-1-2-4-15)16-13-22(21-20-16)14-18(26)5-7-23(8-6-18)30(27,28)24-9-11-29-12-10-24/h13,15,26H,1-12,14H2,(H,19,25). The van der Waals surface area contributed by atoms with E-state index in [-0.39, 0.29) is 37.3 Å². The highest BCUT2D eigenvalue weighted by Gasteiger charge is 2.39. The fraction of sp³-hybridized carbons (Fsp3) is 0.833. The molecule has 0 radical (unpaired) electrons. The van der Waals surface area contributed by atoms with Gasteiger partial charge in [-0.25, -0.2) is 4.68 Å². The summed E-state index contributed by atoms with van der Waals surface area (Å²) in [6.45, 7) is 2.16. The van der Waals surface area contributed by atoms with Crippen molar-refractivity contribution in [2.24, 2.45) is 0 Å². The van der Waals surface area contributed by atoms with Crippen molar-refractivity contribution >= 4 is 16.1 Å². The van der Waals surface area contributed by atoms with Gasteiger partial charge in [-0.2, -0.15) is 17.0 Å². The second kappa shape index (κ2) is 8.87. The molecular weight excluding hydrogens is 412 g/mol. The van der Waals surface area contributed by atoms with Crippen molar-refractivity contribution in [3.63, 3.8) is 0 Å². The lowest BCUT2D eigenvalue weighted by atomic mass is 9.92. The molecule has 11 nitrogen and oxygen atoms in total. The van der Waals surface area contributed by atoms with Gasteiger partial charge in [-0.05, 0) is 25.7 Å². The van der Waals surface area contributed by atoms with Crippen LogP contribution in [0.1, 0.15) is 49.0 Å². The van der Waals surface area contributed by atoms with Gasteiger partial charge in [0.1, 0.15) is 0 Å². The quantitative estimate of drug-likeness (QED) is 0.599. The Bertz CT molecular complexity index is 839. The van der Waals surface area contributed by atoms with Gasteiger partial charge in [0.2, 0.25) is 0 Å². The number of amides is 1. The molecule has 0 unspecified atom stereocenters. The third kappa shape index (κ3) is 4.83. The number of hydrogen-bond acceptors (Lipinski definition) is 7. The molecule has 1 aromatic rings. The second-order valence-electron chi connectivity index (χ2n) is 8.40. The maximum Gasteiger partial charge on any atom is 0.282 e. The van der Waals surface area contributed by atoms with Gasteiger partial charge in [-0.1, -0.05) is 18.1 Å². The van der Waals surface area contributed by atoms with E-state index in [1.165, 1.54) is 13.3 Å². The minimum absolute atomic E-state index is 0.169. The summed E-state index contributed by atoms with van der Waals surface area (Å²) in [6.07, 6.45) is 6.36. The van der Waals surface area contributed by atoms with Crippen molar-refractivity contribution < 1.29 is 23.1 Å². The summed E-state index contributed by atoms with van der Waals surface area (Å²) in [5.74, 6) is -0.244. The number of carbonyl (C=O) groups is 1. The fourth-order valence-electron chi connectivity index (χ4n) is 4.34. The van der Waals surface area contributed by atoms with E-state index in [1.807, 2.05) is 0 Å². The highest BCUT2D eigenvalue weighted by molar-refractivity contribution is 7.86. The van der Waals surface area contributed by atoms with Crippen molar-refractivity contribution in [3.8, 4) is 0 Å². The Labute approximate surface area is 176 Å². The van der Waals surface area contributed by atoms with E-state index < -0.39 is 15.8 Å². The number of hydrogen-bond donors (Lipinski definition) is 2. The monoisotopic (exact) mass is 442 g/mol. The van der Waals surface area contributed by atoms with Crippen molar-refractivity contribution in [1.82, 2.24) is 28.9 Å². The number of ether oxygens (including phenoxy) is 1. The predicted octanol–water partition coefficient (Wildman–Crippen LogP) is -0.646. The van der Waals surface area contributed by atoms with Crippen molar-refractivity contribution in [1.29, 1.82) is 0 Å². The number of aromatic nitrogens is 3. The molecule has 30 heavy (non-hydrogen) atoms. The Kier molecular flexibility index (Phi) is 6.39. The summed E-state index contributed by atoms with van der Waals surface area (Å²) in [5, 5.41) is 21.8. The van der Waals surface area contributed by atoms with Crippen LogP contribution in [-0.4, -0.2) is 94.1 Å². The van der Waals surface area contributed by atoms with Crippen LogP contribution in [0.2, 0.25) is 0 Å². The summed E-state index contributed by atoms with van der Waals surface area (Å²) in [6, 6.07) is 0.199. The van der Waals surface area contributed by atoms with Crippen LogP contribution in [0.25, 0.3) is 0 Å². The van der Waals surface area contributed by atoms with Gasteiger partial charge in [0.05, 0.1) is 31.6 Å². The molecule has 4 rings (SSSR count). The minimum Gasteiger partial charge on any atom is -0.388 e. The van der Waals surface area contributed by atoms with Crippen LogP contribution in [0.15, 0.2) is 6.20 Å². The average molecular weight is 443 g/mol. The normalized spacial score (nSPS) is 24.2. The van der Waals surface area contributed by atoms with E-state index >= 15 is 0 Å². The molecule has 0 aromatic carbocycles. The smallest absolute Gasteiger partial charge is 0.282 e. The predicted molar refractivity (Wildman–Crippen MR) is 107 cm³/mol. The van der Waals surface area contributed by atoms with Crippen molar-refractivity contribution in [2.45, 2.75) is 56.7 Å². The molecule has 3 aliphatic rings. The zero-order chi connectivity index (χ0) is 21.2. The molecule has 1 aliphatic carbocycles. The molecule has 1 amide bonds. The number of piperidine rings is 1. The van der Waals surface area contributed by atoms with Gasteiger partial charge >= 0.3 is 0 Å². The van der Waals surface area contributed by atoms with E-state index in [1.54, 1.807) is 6.20 Å². The number of carbonyl (C=O) groups excluding carboxylic acids is 1. The molecule has 0 atom stereocenters. The maximum atomic E-state index is 12.8. The zero-order valence-corrected chi connectivity index (χ0v) is 17.9. The van der Waals surface area contributed by atoms with Gasteiger partial charge in [0.25, 0.3) is 16.1 Å². The molecule has 0 spiro atoms. The van der Waals surface area contributed by atoms with Crippen LogP contribution in [0, 0.1) is 0 Å². The first-order chi connectivity index (χ1) is 14.4. The molecule has 2 saturated heterocycles. The SMILES string of the molecule is O=C(NC1CCCC1)c1cn(CC2(O)CCN(S(=O)(=O)N3CCOCC3)CC2)nn1. The molecule has 168 valence electrons. The molecular formula is C18H30N6O5S. The number of morpholine rings is 1. The highest BCUT2D eigenvalue weighted by atomic mass is 32.2. The second-order valence-corrected chi connectivity index (χ2v) is 10.3. The Morgan fingerprint density at radius 1 is 1.17 bits per heavy atom. The van der Waals surface area contributed by atoms with Gasteiger partial charge in [-0.15, -0.1) is 5.10 Å². The third-order valence-electron chi connectivity index (χ3n) is 6.19. The van der Waals surface area contributed by atoms with E-state index in [0.717, 1.165) is 25.7 Å². The largest absolute Gasteiger partial charge is 0.388 e. The van der Waals surface area contributed by atoms with E-state index in [2.05, 4.69) is 15.6 Å². The number of nitrogens with one attached hydrogen (secondary N) is 1. The summed E-state index contributed by atoms with van der Waals surface area (Å²) in [7, 11) is -3.54. The number of rotatable bonds is 6. The Balaban J connectivity index is 1.31. The summed E-state index contributed by atoms with van der Waals surface area (Å²) >= 11 is 0. The summed E-state index contributed by atoms with van der Waals surface area (Å²) < 4.78 is 35.1. The van der Waals surface area contributed by atoms with Crippen LogP contribution in [-0.2, 0) is 21.5 Å². The molecule has 3 heterocycles. The van der Waals surface area contributed by atoms with Crippen LogP contribution < -0.4 is 5.32 Å². The lowest BCUT2D eigenvalue weighted by Gasteiger charge is -2.39. The lowest BCUT2D eigenvalue weighted by Crippen LogP contribution is -2.54. The van der Waals surface area contributed by atoms with Crippen LogP contribution in [0.4, 0.5) is 0 Å². The van der Waals surface area contributed by atoms with Crippen LogP contribution in [0.5, 0.6) is 0 Å². The fourth-order valence-corrected chi connectivity index (χ4v) is 5.92. The van der Waals surface area contributed by atoms with Gasteiger partial charge in [-0.3, -0.25) is 4.79 Å². The third-order valence-corrected chi connectivity index (χ3v) is 8.23. The van der Waals surface area contributed by atoms with Gasteiger partial charge < -0.3 is 15.2 Å². The van der Waals surface area contributed by atoms with Crippen molar-refractivity contribution in [2.75, 3.05) is 39.4 Å². The lowest BCUT2D eigenvalue weighted by molar-refractivity contribution is -0.0239. The molecule has 2 N–H and O–H groups in total. The molecule has 2 aliphatic heterocycles. The molecule has 3 fully saturated rings. The Hall–Kier alpha value is -1.60. The highest BCUT2D eigenvalue weighted by Crippen LogP contribution is 2.27. The molecule has 1 aromatic heterocycles. The van der Waals surface area contributed by atoms with Gasteiger partial charge in [0, 0.05) is 32.2 Å². The van der Waals surface area contributed by atoms with Gasteiger partial charge in [0.15, 0.2) is 5.69 Å². The van der Waals surface area contributed by atoms with Crippen LogP contribution >= 0.6 is 0 Å². The Morgan fingerprint density at radius 2 is 1.80 bits per heavy atom. The molecule has 12 heteroatoms. The first kappa shape index (κ1) is 21.6. The van der Waals surface area contributed by atoms with E-state index in [0.29, 0.717) is 39.1 Å². The minimum atomic E-state index is -3.54. The summed E-state index contributed by atoms with van der Waals surface area (Å²) in [4.78, 5) is 12.3. The number of aliphatic hydroxyl groups is 1. The van der Waals surface area contributed by atoms with E-state index in [9.17, 15) is 18.3 Å².